The Morgan fingerprint density at radius 1 is 1.12 bits per heavy atom. The average Bonchev–Trinajstić information content (AvgIpc) is 3.11. The second kappa shape index (κ2) is 8.19. The summed E-state index contributed by atoms with van der Waals surface area (Å²) in [4.78, 5) is 19.5. The van der Waals surface area contributed by atoms with Gasteiger partial charge in [0.2, 0.25) is 0 Å². The maximum Gasteiger partial charge on any atom is 0.257 e. The number of carbonyl (C=O) groups is 1. The molecule has 0 bridgehead atoms. The number of methoxy groups -OCH3 is 3. The first-order chi connectivity index (χ1) is 12.7. The average molecular weight is 356 g/mol. The molecular formula is C20H24N2O4. The van der Waals surface area contributed by atoms with E-state index in [0.29, 0.717) is 36.8 Å². The molecule has 2 atom stereocenters. The Morgan fingerprint density at radius 2 is 1.96 bits per heavy atom. The number of benzene rings is 1. The predicted molar refractivity (Wildman–Crippen MR) is 97.8 cm³/mol. The quantitative estimate of drug-likeness (QED) is 0.796. The van der Waals surface area contributed by atoms with Crippen molar-refractivity contribution in [2.45, 2.75) is 5.92 Å². The fourth-order valence-electron chi connectivity index (χ4n) is 3.58. The largest absolute Gasteiger partial charge is 0.493 e. The number of rotatable bonds is 6. The van der Waals surface area contributed by atoms with Crippen LogP contribution in [0.15, 0.2) is 42.6 Å². The molecule has 3 rings (SSSR count). The first kappa shape index (κ1) is 18.2. The standard InChI is InChI=1S/C20H24N2O4/c1-24-13-14-11-22(12-16(14)17-8-4-5-10-21-17)20(23)15-7-6-9-18(25-2)19(15)26-3/h4-10,14,16H,11-13H2,1-3H3/t14-,16+/m0/s1. The molecule has 0 aliphatic carbocycles. The van der Waals surface area contributed by atoms with Gasteiger partial charge in [0.15, 0.2) is 11.5 Å². The van der Waals surface area contributed by atoms with Gasteiger partial charge < -0.3 is 19.1 Å². The van der Waals surface area contributed by atoms with Crippen LogP contribution in [0.4, 0.5) is 0 Å². The SMILES string of the molecule is COC[C@@H]1CN(C(=O)c2cccc(OC)c2OC)C[C@H]1c1ccccn1. The summed E-state index contributed by atoms with van der Waals surface area (Å²) in [7, 11) is 4.79. The smallest absolute Gasteiger partial charge is 0.257 e. The molecule has 6 nitrogen and oxygen atoms in total. The van der Waals surface area contributed by atoms with Crippen molar-refractivity contribution in [3.8, 4) is 11.5 Å². The van der Waals surface area contributed by atoms with Crippen LogP contribution < -0.4 is 9.47 Å². The van der Waals surface area contributed by atoms with E-state index < -0.39 is 0 Å². The summed E-state index contributed by atoms with van der Waals surface area (Å²) in [5, 5.41) is 0. The van der Waals surface area contributed by atoms with E-state index >= 15 is 0 Å². The number of nitrogens with zero attached hydrogens (tertiary/aromatic N) is 2. The molecule has 1 aromatic heterocycles. The Hall–Kier alpha value is -2.60. The van der Waals surface area contributed by atoms with E-state index in [1.165, 1.54) is 0 Å². The summed E-state index contributed by atoms with van der Waals surface area (Å²) in [6.45, 7) is 1.80. The van der Waals surface area contributed by atoms with Gasteiger partial charge in [0.25, 0.3) is 5.91 Å². The molecule has 1 aliphatic heterocycles. The van der Waals surface area contributed by atoms with Crippen LogP contribution in [0.25, 0.3) is 0 Å². The minimum atomic E-state index is -0.0692. The molecule has 1 saturated heterocycles. The number of ether oxygens (including phenoxy) is 3. The van der Waals surface area contributed by atoms with Crippen molar-refractivity contribution >= 4 is 5.91 Å². The van der Waals surface area contributed by atoms with Crippen LogP contribution in [0.3, 0.4) is 0 Å². The van der Waals surface area contributed by atoms with Crippen LogP contribution in [0, 0.1) is 5.92 Å². The van der Waals surface area contributed by atoms with Gasteiger partial charge in [-0.05, 0) is 24.3 Å². The summed E-state index contributed by atoms with van der Waals surface area (Å²) in [5.41, 5.74) is 1.49. The predicted octanol–water partition coefficient (Wildman–Crippen LogP) is 2.60. The maximum atomic E-state index is 13.2. The lowest BCUT2D eigenvalue weighted by atomic mass is 9.93. The van der Waals surface area contributed by atoms with E-state index in [1.807, 2.05) is 23.1 Å². The lowest BCUT2D eigenvalue weighted by Crippen LogP contribution is -2.29. The molecule has 6 heteroatoms. The van der Waals surface area contributed by atoms with Crippen LogP contribution in [-0.2, 0) is 4.74 Å². The lowest BCUT2D eigenvalue weighted by Gasteiger charge is -2.19. The van der Waals surface area contributed by atoms with Gasteiger partial charge >= 0.3 is 0 Å². The molecule has 1 aromatic carbocycles. The Labute approximate surface area is 153 Å². The zero-order valence-corrected chi connectivity index (χ0v) is 15.3. The lowest BCUT2D eigenvalue weighted by molar-refractivity contribution is 0.0771. The van der Waals surface area contributed by atoms with E-state index in [0.717, 1.165) is 5.69 Å². The molecule has 0 saturated carbocycles. The highest BCUT2D eigenvalue weighted by atomic mass is 16.5. The van der Waals surface area contributed by atoms with Crippen molar-refractivity contribution < 1.29 is 19.0 Å². The van der Waals surface area contributed by atoms with Gasteiger partial charge in [0.05, 0.1) is 26.4 Å². The normalized spacial score (nSPS) is 19.4. The van der Waals surface area contributed by atoms with Crippen LogP contribution in [-0.4, -0.2) is 56.8 Å². The van der Waals surface area contributed by atoms with E-state index in [9.17, 15) is 4.79 Å². The third-order valence-corrected chi connectivity index (χ3v) is 4.81. The molecule has 0 radical (unpaired) electrons. The zero-order valence-electron chi connectivity index (χ0n) is 15.3. The van der Waals surface area contributed by atoms with Crippen LogP contribution >= 0.6 is 0 Å². The summed E-state index contributed by atoms with van der Waals surface area (Å²) >= 11 is 0. The van der Waals surface area contributed by atoms with Gasteiger partial charge in [-0.15, -0.1) is 0 Å². The number of carbonyl (C=O) groups excluding carboxylic acids is 1. The molecule has 1 aliphatic rings. The summed E-state index contributed by atoms with van der Waals surface area (Å²) in [5.74, 6) is 1.30. The van der Waals surface area contributed by atoms with Crippen molar-refractivity contribution in [2.75, 3.05) is 41.0 Å². The van der Waals surface area contributed by atoms with Gasteiger partial charge in [0, 0.05) is 43.9 Å². The molecular weight excluding hydrogens is 332 g/mol. The van der Waals surface area contributed by atoms with Gasteiger partial charge in [-0.25, -0.2) is 0 Å². The minimum Gasteiger partial charge on any atom is -0.493 e. The van der Waals surface area contributed by atoms with Crippen LogP contribution in [0.2, 0.25) is 0 Å². The van der Waals surface area contributed by atoms with E-state index in [2.05, 4.69) is 4.98 Å². The van der Waals surface area contributed by atoms with Crippen molar-refractivity contribution in [3.63, 3.8) is 0 Å². The third-order valence-electron chi connectivity index (χ3n) is 4.81. The molecule has 0 N–H and O–H groups in total. The number of hydrogen-bond donors (Lipinski definition) is 0. The monoisotopic (exact) mass is 356 g/mol. The Bertz CT molecular complexity index is 751. The fraction of sp³-hybridized carbons (Fsp3) is 0.400. The number of aromatic nitrogens is 1. The molecule has 138 valence electrons. The first-order valence-electron chi connectivity index (χ1n) is 8.59. The van der Waals surface area contributed by atoms with Gasteiger partial charge in [-0.1, -0.05) is 12.1 Å². The zero-order chi connectivity index (χ0) is 18.5. The van der Waals surface area contributed by atoms with Crippen molar-refractivity contribution in [1.29, 1.82) is 0 Å². The fourth-order valence-corrected chi connectivity index (χ4v) is 3.58. The highest BCUT2D eigenvalue weighted by molar-refractivity contribution is 5.98. The Balaban J connectivity index is 1.87. The van der Waals surface area contributed by atoms with Gasteiger partial charge in [-0.2, -0.15) is 0 Å². The maximum absolute atomic E-state index is 13.2. The number of pyridine rings is 1. The highest BCUT2D eigenvalue weighted by Gasteiger charge is 2.38. The second-order valence-corrected chi connectivity index (χ2v) is 6.33. The van der Waals surface area contributed by atoms with Crippen LogP contribution in [0.1, 0.15) is 22.0 Å². The van der Waals surface area contributed by atoms with Crippen molar-refractivity contribution in [2.24, 2.45) is 5.92 Å². The van der Waals surface area contributed by atoms with Crippen LogP contribution in [0.5, 0.6) is 11.5 Å². The first-order valence-corrected chi connectivity index (χ1v) is 8.59. The Kier molecular flexibility index (Phi) is 5.73. The van der Waals surface area contributed by atoms with Crippen molar-refractivity contribution in [3.05, 3.63) is 53.9 Å². The topological polar surface area (TPSA) is 60.9 Å². The molecule has 2 heterocycles. The number of para-hydroxylation sites is 1. The number of hydrogen-bond acceptors (Lipinski definition) is 5. The summed E-state index contributed by atoms with van der Waals surface area (Å²) < 4.78 is 16.1. The molecule has 26 heavy (non-hydrogen) atoms. The van der Waals surface area contributed by atoms with Gasteiger partial charge in [-0.3, -0.25) is 9.78 Å². The van der Waals surface area contributed by atoms with E-state index in [1.54, 1.807) is 45.7 Å². The third kappa shape index (κ3) is 3.51. The van der Waals surface area contributed by atoms with Gasteiger partial charge in [0.1, 0.15) is 0 Å². The molecule has 0 unspecified atom stereocenters. The number of likely N-dealkylation sites (tertiary alicyclic amines) is 1. The summed E-state index contributed by atoms with van der Waals surface area (Å²) in [6, 6.07) is 11.2. The van der Waals surface area contributed by atoms with E-state index in [-0.39, 0.29) is 17.7 Å². The molecule has 1 amide bonds. The minimum absolute atomic E-state index is 0.0692. The number of amides is 1. The highest BCUT2D eigenvalue weighted by Crippen LogP contribution is 2.36. The second-order valence-electron chi connectivity index (χ2n) is 6.33. The summed E-state index contributed by atoms with van der Waals surface area (Å²) in [6.07, 6.45) is 1.79. The molecule has 0 spiro atoms. The van der Waals surface area contributed by atoms with E-state index in [4.69, 9.17) is 14.2 Å². The Morgan fingerprint density at radius 3 is 2.62 bits per heavy atom. The molecule has 1 fully saturated rings. The van der Waals surface area contributed by atoms with Crippen molar-refractivity contribution in [1.82, 2.24) is 9.88 Å². The molecule has 2 aromatic rings.